The Labute approximate surface area is 206 Å². The fourth-order valence-corrected chi connectivity index (χ4v) is 4.37. The molecule has 1 atom stereocenters. The second kappa shape index (κ2) is 9.89. The number of alkyl halides is 3. The predicted octanol–water partition coefficient (Wildman–Crippen LogP) is 6.89. The predicted molar refractivity (Wildman–Crippen MR) is 132 cm³/mol. The number of anilines is 1. The molecule has 4 aromatic rings. The van der Waals surface area contributed by atoms with Crippen molar-refractivity contribution in [2.24, 2.45) is 0 Å². The molecule has 1 amide bonds. The number of ether oxygens (including phenoxy) is 1. The summed E-state index contributed by atoms with van der Waals surface area (Å²) in [6.07, 6.45) is -4.28. The standard InChI is InChI=1S/C28H25F3N2O3/c1-17-25(24-6-4-5-7-26(24)33(17)18(2)36-19(3)34)16-20-8-14-23(15-9-20)32-27(35)21-10-12-22(13-11-21)28(29,30)31/h4-15,18H,16H2,1-3H3,(H,32,35). The fourth-order valence-electron chi connectivity index (χ4n) is 4.37. The minimum Gasteiger partial charge on any atom is -0.442 e. The van der Waals surface area contributed by atoms with Gasteiger partial charge in [-0.15, -0.1) is 0 Å². The number of nitrogens with zero attached hydrogens (tertiary/aromatic N) is 1. The molecular formula is C28H25F3N2O3. The molecule has 0 radical (unpaired) electrons. The molecule has 5 nitrogen and oxygen atoms in total. The number of carbonyl (C=O) groups is 2. The van der Waals surface area contributed by atoms with Crippen LogP contribution >= 0.6 is 0 Å². The van der Waals surface area contributed by atoms with E-state index in [9.17, 15) is 22.8 Å². The van der Waals surface area contributed by atoms with Gasteiger partial charge in [0.1, 0.15) is 0 Å². The first-order chi connectivity index (χ1) is 17.0. The van der Waals surface area contributed by atoms with Crippen LogP contribution in [0, 0.1) is 6.92 Å². The van der Waals surface area contributed by atoms with Crippen LogP contribution in [-0.2, 0) is 22.1 Å². The summed E-state index contributed by atoms with van der Waals surface area (Å²) in [6, 6.07) is 19.3. The van der Waals surface area contributed by atoms with Gasteiger partial charge in [-0.1, -0.05) is 30.3 Å². The van der Waals surface area contributed by atoms with Crippen LogP contribution in [0.2, 0.25) is 0 Å². The summed E-state index contributed by atoms with van der Waals surface area (Å²) in [7, 11) is 0. The normalized spacial score (nSPS) is 12.4. The van der Waals surface area contributed by atoms with Crippen LogP contribution in [-0.4, -0.2) is 16.4 Å². The zero-order valence-corrected chi connectivity index (χ0v) is 20.0. The van der Waals surface area contributed by atoms with E-state index in [0.29, 0.717) is 12.1 Å². The highest BCUT2D eigenvalue weighted by Gasteiger charge is 2.30. The van der Waals surface area contributed by atoms with Crippen molar-refractivity contribution < 1.29 is 27.5 Å². The van der Waals surface area contributed by atoms with Crippen molar-refractivity contribution in [3.8, 4) is 0 Å². The molecule has 1 N–H and O–H groups in total. The smallest absolute Gasteiger partial charge is 0.416 e. The van der Waals surface area contributed by atoms with Crippen molar-refractivity contribution >= 4 is 28.5 Å². The molecule has 8 heteroatoms. The number of fused-ring (bicyclic) bond motifs is 1. The Hall–Kier alpha value is -4.07. The van der Waals surface area contributed by atoms with E-state index >= 15 is 0 Å². The Bertz CT molecular complexity index is 1410. The van der Waals surface area contributed by atoms with Gasteiger partial charge in [0.25, 0.3) is 5.91 Å². The average Bonchev–Trinajstić information content (AvgIpc) is 3.10. The Morgan fingerprint density at radius 1 is 0.972 bits per heavy atom. The number of halogens is 3. The molecule has 0 bridgehead atoms. The van der Waals surface area contributed by atoms with Gasteiger partial charge in [-0.05, 0) is 73.9 Å². The van der Waals surface area contributed by atoms with Gasteiger partial charge in [-0.25, -0.2) is 0 Å². The first-order valence-corrected chi connectivity index (χ1v) is 11.4. The maximum absolute atomic E-state index is 12.7. The van der Waals surface area contributed by atoms with Gasteiger partial charge in [0.15, 0.2) is 6.23 Å². The third-order valence-corrected chi connectivity index (χ3v) is 6.05. The summed E-state index contributed by atoms with van der Waals surface area (Å²) in [5, 5.41) is 3.78. The van der Waals surface area contributed by atoms with Crippen molar-refractivity contribution in [3.05, 3.63) is 101 Å². The lowest BCUT2D eigenvalue weighted by Gasteiger charge is -2.17. The molecule has 0 fully saturated rings. The van der Waals surface area contributed by atoms with E-state index in [1.807, 2.05) is 54.8 Å². The van der Waals surface area contributed by atoms with E-state index in [0.717, 1.165) is 52.0 Å². The van der Waals surface area contributed by atoms with Crippen LogP contribution in [0.1, 0.15) is 52.8 Å². The van der Waals surface area contributed by atoms with Gasteiger partial charge < -0.3 is 14.6 Å². The third-order valence-electron chi connectivity index (χ3n) is 6.05. The number of rotatable bonds is 6. The Morgan fingerprint density at radius 2 is 1.61 bits per heavy atom. The lowest BCUT2D eigenvalue weighted by Crippen LogP contribution is -2.14. The third kappa shape index (κ3) is 5.27. The molecule has 0 aliphatic rings. The number of para-hydroxylation sites is 1. The summed E-state index contributed by atoms with van der Waals surface area (Å²) in [4.78, 5) is 24.0. The minimum atomic E-state index is -4.45. The van der Waals surface area contributed by atoms with Gasteiger partial charge in [-0.3, -0.25) is 9.59 Å². The Morgan fingerprint density at radius 3 is 2.22 bits per heavy atom. The van der Waals surface area contributed by atoms with Crippen LogP contribution < -0.4 is 5.32 Å². The van der Waals surface area contributed by atoms with Gasteiger partial charge >= 0.3 is 12.1 Å². The molecule has 36 heavy (non-hydrogen) atoms. The number of esters is 1. The van der Waals surface area contributed by atoms with Gasteiger partial charge in [0, 0.05) is 29.3 Å². The lowest BCUT2D eigenvalue weighted by molar-refractivity contribution is -0.149. The first kappa shape index (κ1) is 25.0. The Balaban J connectivity index is 1.52. The van der Waals surface area contributed by atoms with Crippen molar-refractivity contribution in [1.82, 2.24) is 4.57 Å². The van der Waals surface area contributed by atoms with Crippen LogP contribution in [0.5, 0.6) is 0 Å². The van der Waals surface area contributed by atoms with E-state index in [1.54, 1.807) is 12.1 Å². The number of benzene rings is 3. The number of hydrogen-bond acceptors (Lipinski definition) is 3. The minimum absolute atomic E-state index is 0.136. The number of hydrogen-bond donors (Lipinski definition) is 1. The summed E-state index contributed by atoms with van der Waals surface area (Å²) in [5.74, 6) is -0.843. The number of carbonyl (C=O) groups excluding carboxylic acids is 2. The van der Waals surface area contributed by atoms with Gasteiger partial charge in [-0.2, -0.15) is 13.2 Å². The molecular weight excluding hydrogens is 469 g/mol. The number of aromatic nitrogens is 1. The quantitative estimate of drug-likeness (QED) is 0.297. The molecule has 186 valence electrons. The molecule has 0 saturated carbocycles. The van der Waals surface area contributed by atoms with Crippen LogP contribution in [0.4, 0.5) is 18.9 Å². The molecule has 3 aromatic carbocycles. The largest absolute Gasteiger partial charge is 0.442 e. The van der Waals surface area contributed by atoms with E-state index < -0.39 is 23.9 Å². The van der Waals surface area contributed by atoms with Crippen molar-refractivity contribution in [2.75, 3.05) is 5.32 Å². The summed E-state index contributed by atoms with van der Waals surface area (Å²) in [6.45, 7) is 5.21. The first-order valence-electron chi connectivity index (χ1n) is 11.4. The van der Waals surface area contributed by atoms with E-state index in [1.165, 1.54) is 6.92 Å². The average molecular weight is 495 g/mol. The van der Waals surface area contributed by atoms with Crippen LogP contribution in [0.25, 0.3) is 10.9 Å². The molecule has 1 aromatic heterocycles. The van der Waals surface area contributed by atoms with Gasteiger partial charge in [0.05, 0.1) is 11.1 Å². The van der Waals surface area contributed by atoms with E-state index in [4.69, 9.17) is 4.74 Å². The maximum atomic E-state index is 12.7. The molecule has 1 unspecified atom stereocenters. The number of nitrogens with one attached hydrogen (secondary N) is 1. The summed E-state index contributed by atoms with van der Waals surface area (Å²) >= 11 is 0. The van der Waals surface area contributed by atoms with Crippen LogP contribution in [0.15, 0.2) is 72.8 Å². The highest BCUT2D eigenvalue weighted by Crippen LogP contribution is 2.32. The Kier molecular flexibility index (Phi) is 6.88. The maximum Gasteiger partial charge on any atom is 0.416 e. The molecule has 0 aliphatic carbocycles. The van der Waals surface area contributed by atoms with Gasteiger partial charge in [0.2, 0.25) is 0 Å². The molecule has 0 aliphatic heterocycles. The van der Waals surface area contributed by atoms with Crippen molar-refractivity contribution in [1.29, 1.82) is 0 Å². The van der Waals surface area contributed by atoms with E-state index in [-0.39, 0.29) is 11.5 Å². The number of amides is 1. The van der Waals surface area contributed by atoms with E-state index in [2.05, 4.69) is 5.32 Å². The van der Waals surface area contributed by atoms with Crippen LogP contribution in [0.3, 0.4) is 0 Å². The summed E-state index contributed by atoms with van der Waals surface area (Å²) in [5.41, 5.74) is 3.94. The van der Waals surface area contributed by atoms with Crippen molar-refractivity contribution in [3.63, 3.8) is 0 Å². The molecule has 4 rings (SSSR count). The second-order valence-corrected chi connectivity index (χ2v) is 8.56. The topological polar surface area (TPSA) is 60.3 Å². The van der Waals surface area contributed by atoms with Crippen molar-refractivity contribution in [2.45, 2.75) is 39.6 Å². The molecule has 0 spiro atoms. The lowest BCUT2D eigenvalue weighted by atomic mass is 10.0. The SMILES string of the molecule is CC(=O)OC(C)n1c(C)c(Cc2ccc(NC(=O)c3ccc(C(F)(F)F)cc3)cc2)c2ccccc21. The zero-order chi connectivity index (χ0) is 26.0. The highest BCUT2D eigenvalue weighted by molar-refractivity contribution is 6.04. The fraction of sp³-hybridized carbons (Fsp3) is 0.214. The monoisotopic (exact) mass is 494 g/mol. The second-order valence-electron chi connectivity index (χ2n) is 8.56. The summed E-state index contributed by atoms with van der Waals surface area (Å²) < 4.78 is 45.7. The highest BCUT2D eigenvalue weighted by atomic mass is 19.4. The molecule has 0 saturated heterocycles. The zero-order valence-electron chi connectivity index (χ0n) is 20.0. The molecule has 1 heterocycles.